The van der Waals surface area contributed by atoms with Crippen molar-refractivity contribution in [3.8, 4) is 0 Å². The molecule has 5 heteroatoms. The van der Waals surface area contributed by atoms with Crippen LogP contribution in [-0.4, -0.2) is 28.4 Å². The summed E-state index contributed by atoms with van der Waals surface area (Å²) in [5, 5.41) is 12.4. The number of aryl methyl sites for hydroxylation is 1. The Balaban J connectivity index is 2.22. The van der Waals surface area contributed by atoms with Gasteiger partial charge in [0, 0.05) is 12.8 Å². The third-order valence-corrected chi connectivity index (χ3v) is 1.94. The van der Waals surface area contributed by atoms with Crippen molar-refractivity contribution in [1.82, 2.24) is 10.1 Å². The van der Waals surface area contributed by atoms with E-state index >= 15 is 0 Å². The van der Waals surface area contributed by atoms with Gasteiger partial charge in [0.1, 0.15) is 0 Å². The second kappa shape index (κ2) is 6.50. The van der Waals surface area contributed by atoms with Crippen LogP contribution in [0, 0.1) is 0 Å². The van der Waals surface area contributed by atoms with E-state index in [0.717, 1.165) is 32.2 Å². The highest BCUT2D eigenvalue weighted by Gasteiger charge is 2.04. The van der Waals surface area contributed by atoms with Gasteiger partial charge in [-0.2, -0.15) is 4.98 Å². The van der Waals surface area contributed by atoms with Gasteiger partial charge in [-0.25, -0.2) is 0 Å². The van der Waals surface area contributed by atoms with E-state index < -0.39 is 0 Å². The minimum absolute atomic E-state index is 0.0617. The first-order valence-electron chi connectivity index (χ1n) is 4.99. The summed E-state index contributed by atoms with van der Waals surface area (Å²) in [5.74, 6) is 1.24. The molecule has 0 aliphatic heterocycles. The van der Waals surface area contributed by atoms with Gasteiger partial charge in [0.2, 0.25) is 5.89 Å². The number of nitrogens with zero attached hydrogens (tertiary/aromatic N) is 2. The van der Waals surface area contributed by atoms with Crippen LogP contribution in [0.3, 0.4) is 0 Å². The molecule has 0 aromatic carbocycles. The Bertz CT molecular complexity index is 250. The molecule has 1 heterocycles. The zero-order valence-corrected chi connectivity index (χ0v) is 8.28. The lowest BCUT2D eigenvalue weighted by molar-refractivity contribution is 0.292. The largest absolute Gasteiger partial charge is 0.396 e. The fourth-order valence-electron chi connectivity index (χ4n) is 1.19. The minimum Gasteiger partial charge on any atom is -0.396 e. The first-order valence-corrected chi connectivity index (χ1v) is 4.99. The van der Waals surface area contributed by atoms with Crippen LogP contribution in [0.1, 0.15) is 31.0 Å². The van der Waals surface area contributed by atoms with Crippen molar-refractivity contribution in [2.75, 3.05) is 13.2 Å². The molecule has 3 N–H and O–H groups in total. The molecule has 0 unspecified atom stereocenters. The standard InChI is InChI=1S/C9H17N3O2/c10-6-3-1-2-4-9-11-8(5-7-13)12-14-9/h13H,1-7,10H2. The summed E-state index contributed by atoms with van der Waals surface area (Å²) >= 11 is 0. The van der Waals surface area contributed by atoms with Gasteiger partial charge in [0.25, 0.3) is 0 Å². The first kappa shape index (κ1) is 11.1. The van der Waals surface area contributed by atoms with E-state index in [1.165, 1.54) is 0 Å². The highest BCUT2D eigenvalue weighted by atomic mass is 16.5. The number of unbranched alkanes of at least 4 members (excludes halogenated alkanes) is 2. The normalized spacial score (nSPS) is 10.7. The zero-order valence-electron chi connectivity index (χ0n) is 8.28. The Kier molecular flexibility index (Phi) is 5.17. The lowest BCUT2D eigenvalue weighted by Gasteiger charge is -1.93. The minimum atomic E-state index is 0.0617. The number of aromatic nitrogens is 2. The molecule has 0 amide bonds. The van der Waals surface area contributed by atoms with Gasteiger partial charge < -0.3 is 15.4 Å². The summed E-state index contributed by atoms with van der Waals surface area (Å²) in [7, 11) is 0. The maximum atomic E-state index is 8.64. The van der Waals surface area contributed by atoms with Crippen molar-refractivity contribution in [3.05, 3.63) is 11.7 Å². The van der Waals surface area contributed by atoms with Gasteiger partial charge in [-0.15, -0.1) is 0 Å². The predicted molar refractivity (Wildman–Crippen MR) is 51.7 cm³/mol. The quantitative estimate of drug-likeness (QED) is 0.616. The molecule has 5 nitrogen and oxygen atoms in total. The Morgan fingerprint density at radius 1 is 1.21 bits per heavy atom. The average Bonchev–Trinajstić information content (AvgIpc) is 2.61. The molecule has 0 bridgehead atoms. The second-order valence-electron chi connectivity index (χ2n) is 3.18. The van der Waals surface area contributed by atoms with Gasteiger partial charge in [-0.3, -0.25) is 0 Å². The van der Waals surface area contributed by atoms with Gasteiger partial charge in [-0.1, -0.05) is 11.6 Å². The molecule has 0 radical (unpaired) electrons. The van der Waals surface area contributed by atoms with Gasteiger partial charge in [-0.05, 0) is 19.4 Å². The Morgan fingerprint density at radius 3 is 2.79 bits per heavy atom. The van der Waals surface area contributed by atoms with E-state index in [0.29, 0.717) is 18.1 Å². The molecule has 14 heavy (non-hydrogen) atoms. The predicted octanol–water partition coefficient (Wildman–Crippen LogP) is 0.276. The van der Waals surface area contributed by atoms with Crippen molar-refractivity contribution in [1.29, 1.82) is 0 Å². The van der Waals surface area contributed by atoms with E-state index in [-0.39, 0.29) is 6.61 Å². The summed E-state index contributed by atoms with van der Waals surface area (Å²) in [5.41, 5.74) is 5.37. The Hall–Kier alpha value is -0.940. The van der Waals surface area contributed by atoms with E-state index in [9.17, 15) is 0 Å². The molecule has 1 aromatic rings. The smallest absolute Gasteiger partial charge is 0.226 e. The van der Waals surface area contributed by atoms with Crippen molar-refractivity contribution in [2.45, 2.75) is 32.1 Å². The van der Waals surface area contributed by atoms with Crippen LogP contribution in [0.4, 0.5) is 0 Å². The van der Waals surface area contributed by atoms with Crippen molar-refractivity contribution < 1.29 is 9.63 Å². The molecule has 0 saturated carbocycles. The fraction of sp³-hybridized carbons (Fsp3) is 0.778. The second-order valence-corrected chi connectivity index (χ2v) is 3.18. The highest BCUT2D eigenvalue weighted by Crippen LogP contribution is 2.04. The van der Waals surface area contributed by atoms with Crippen LogP contribution in [0.2, 0.25) is 0 Å². The van der Waals surface area contributed by atoms with E-state index in [2.05, 4.69) is 10.1 Å². The van der Waals surface area contributed by atoms with Crippen LogP contribution in [0.25, 0.3) is 0 Å². The highest BCUT2D eigenvalue weighted by molar-refractivity contribution is 4.86. The average molecular weight is 199 g/mol. The summed E-state index contributed by atoms with van der Waals surface area (Å²) in [6.07, 6.45) is 4.43. The van der Waals surface area contributed by atoms with Crippen LogP contribution >= 0.6 is 0 Å². The Morgan fingerprint density at radius 2 is 2.07 bits per heavy atom. The molecule has 1 aromatic heterocycles. The van der Waals surface area contributed by atoms with E-state index in [4.69, 9.17) is 15.4 Å². The van der Waals surface area contributed by atoms with Crippen LogP contribution in [-0.2, 0) is 12.8 Å². The zero-order chi connectivity index (χ0) is 10.2. The molecule has 80 valence electrons. The maximum Gasteiger partial charge on any atom is 0.226 e. The molecule has 1 rings (SSSR count). The number of hydrogen-bond donors (Lipinski definition) is 2. The number of hydrogen-bond acceptors (Lipinski definition) is 5. The molecular formula is C9H17N3O2. The molecule has 0 spiro atoms. The van der Waals surface area contributed by atoms with Crippen LogP contribution in [0.15, 0.2) is 4.52 Å². The maximum absolute atomic E-state index is 8.64. The summed E-state index contributed by atoms with van der Waals surface area (Å²) in [6, 6.07) is 0. The van der Waals surface area contributed by atoms with E-state index in [1.807, 2.05) is 0 Å². The van der Waals surface area contributed by atoms with Gasteiger partial charge in [0.05, 0.1) is 6.61 Å². The molecule has 0 aliphatic rings. The van der Waals surface area contributed by atoms with Gasteiger partial charge in [0.15, 0.2) is 5.82 Å². The summed E-state index contributed by atoms with van der Waals surface area (Å²) in [6.45, 7) is 0.797. The SMILES string of the molecule is NCCCCCc1nc(CCO)no1. The van der Waals surface area contributed by atoms with E-state index in [1.54, 1.807) is 0 Å². The first-order chi connectivity index (χ1) is 6.86. The third-order valence-electron chi connectivity index (χ3n) is 1.94. The topological polar surface area (TPSA) is 85.2 Å². The van der Waals surface area contributed by atoms with Crippen molar-refractivity contribution >= 4 is 0 Å². The van der Waals surface area contributed by atoms with Gasteiger partial charge >= 0.3 is 0 Å². The van der Waals surface area contributed by atoms with Crippen molar-refractivity contribution in [2.24, 2.45) is 5.73 Å². The number of rotatable bonds is 7. The lowest BCUT2D eigenvalue weighted by Crippen LogP contribution is -1.98. The third kappa shape index (κ3) is 3.85. The Labute approximate surface area is 83.3 Å². The van der Waals surface area contributed by atoms with Crippen molar-refractivity contribution in [3.63, 3.8) is 0 Å². The number of nitrogens with two attached hydrogens (primary N) is 1. The summed E-state index contributed by atoms with van der Waals surface area (Å²) in [4.78, 5) is 4.13. The molecular weight excluding hydrogens is 182 g/mol. The lowest BCUT2D eigenvalue weighted by atomic mass is 10.2. The fourth-order valence-corrected chi connectivity index (χ4v) is 1.19. The number of aliphatic hydroxyl groups is 1. The van der Waals surface area contributed by atoms with Crippen LogP contribution < -0.4 is 5.73 Å². The van der Waals surface area contributed by atoms with Crippen LogP contribution in [0.5, 0.6) is 0 Å². The number of aliphatic hydroxyl groups excluding tert-OH is 1. The molecule has 0 fully saturated rings. The molecule has 0 saturated heterocycles. The molecule has 0 aliphatic carbocycles. The summed E-state index contributed by atoms with van der Waals surface area (Å²) < 4.78 is 4.99. The monoisotopic (exact) mass is 199 g/mol. The molecule has 0 atom stereocenters.